The number of nitrogens with one attached hydrogen (secondary N) is 2. The van der Waals surface area contributed by atoms with Gasteiger partial charge in [0.1, 0.15) is 6.04 Å². The van der Waals surface area contributed by atoms with Crippen molar-refractivity contribution >= 4 is 11.8 Å². The van der Waals surface area contributed by atoms with E-state index in [2.05, 4.69) is 17.6 Å². The first-order valence-corrected chi connectivity index (χ1v) is 7.17. The first-order chi connectivity index (χ1) is 8.81. The summed E-state index contributed by atoms with van der Waals surface area (Å²) in [6.45, 7) is 7.60. The second-order valence-corrected chi connectivity index (χ2v) is 6.04. The Balaban J connectivity index is 2.44. The first-order valence-electron chi connectivity index (χ1n) is 7.17. The van der Waals surface area contributed by atoms with Gasteiger partial charge < -0.3 is 16.4 Å². The molecule has 0 heterocycles. The van der Waals surface area contributed by atoms with Gasteiger partial charge in [-0.05, 0) is 46.0 Å². The van der Waals surface area contributed by atoms with Gasteiger partial charge in [0.2, 0.25) is 11.8 Å². The molecule has 4 N–H and O–H groups in total. The molecule has 5 nitrogen and oxygen atoms in total. The molecule has 0 aromatic rings. The molecule has 0 radical (unpaired) electrons. The molecule has 0 aromatic carbocycles. The SMILES string of the molecule is CC(C)NC(=O)C(C)NC(=O)C1CCC(N)C(C)C1. The molecule has 5 heteroatoms. The quantitative estimate of drug-likeness (QED) is 0.705. The zero-order valence-corrected chi connectivity index (χ0v) is 12.4. The minimum atomic E-state index is -0.485. The van der Waals surface area contributed by atoms with Crippen molar-refractivity contribution in [3.05, 3.63) is 0 Å². The van der Waals surface area contributed by atoms with Crippen LogP contribution in [0.15, 0.2) is 0 Å². The minimum Gasteiger partial charge on any atom is -0.352 e. The molecule has 19 heavy (non-hydrogen) atoms. The third kappa shape index (κ3) is 4.82. The van der Waals surface area contributed by atoms with Gasteiger partial charge in [-0.1, -0.05) is 6.92 Å². The smallest absolute Gasteiger partial charge is 0.242 e. The van der Waals surface area contributed by atoms with Crippen LogP contribution in [-0.2, 0) is 9.59 Å². The molecule has 0 spiro atoms. The Labute approximate surface area is 115 Å². The fourth-order valence-corrected chi connectivity index (χ4v) is 2.46. The highest BCUT2D eigenvalue weighted by Gasteiger charge is 2.30. The van der Waals surface area contributed by atoms with Crippen molar-refractivity contribution in [1.82, 2.24) is 10.6 Å². The second-order valence-electron chi connectivity index (χ2n) is 6.04. The molecular formula is C14H27N3O2. The highest BCUT2D eigenvalue weighted by atomic mass is 16.2. The summed E-state index contributed by atoms with van der Waals surface area (Å²) in [6.07, 6.45) is 2.51. The third-order valence-corrected chi connectivity index (χ3v) is 3.79. The molecule has 1 rings (SSSR count). The molecule has 1 saturated carbocycles. The Bertz CT molecular complexity index is 331. The lowest BCUT2D eigenvalue weighted by atomic mass is 9.79. The van der Waals surface area contributed by atoms with Crippen LogP contribution >= 0.6 is 0 Å². The van der Waals surface area contributed by atoms with Gasteiger partial charge in [0.25, 0.3) is 0 Å². The number of nitrogens with two attached hydrogens (primary N) is 1. The van der Waals surface area contributed by atoms with Gasteiger partial charge in [-0.25, -0.2) is 0 Å². The standard InChI is InChI=1S/C14H27N3O2/c1-8(2)16-13(18)10(4)17-14(19)11-5-6-12(15)9(3)7-11/h8-12H,5-7,15H2,1-4H3,(H,16,18)(H,17,19). The molecule has 4 unspecified atom stereocenters. The Morgan fingerprint density at radius 2 is 1.79 bits per heavy atom. The lowest BCUT2D eigenvalue weighted by Gasteiger charge is -2.31. The van der Waals surface area contributed by atoms with E-state index < -0.39 is 6.04 Å². The number of hydrogen-bond donors (Lipinski definition) is 3. The fraction of sp³-hybridized carbons (Fsp3) is 0.857. The summed E-state index contributed by atoms with van der Waals surface area (Å²) in [5, 5.41) is 5.59. The van der Waals surface area contributed by atoms with Crippen LogP contribution < -0.4 is 16.4 Å². The predicted molar refractivity (Wildman–Crippen MR) is 75.4 cm³/mol. The third-order valence-electron chi connectivity index (χ3n) is 3.79. The monoisotopic (exact) mass is 269 g/mol. The fourth-order valence-electron chi connectivity index (χ4n) is 2.46. The largest absolute Gasteiger partial charge is 0.352 e. The summed E-state index contributed by atoms with van der Waals surface area (Å²) >= 11 is 0. The molecule has 0 bridgehead atoms. The average Bonchev–Trinajstić information content (AvgIpc) is 2.31. The van der Waals surface area contributed by atoms with Crippen molar-refractivity contribution in [2.75, 3.05) is 0 Å². The Kier molecular flexibility index (Phi) is 5.79. The lowest BCUT2D eigenvalue weighted by Crippen LogP contribution is -2.49. The van der Waals surface area contributed by atoms with Gasteiger partial charge in [-0.15, -0.1) is 0 Å². The molecule has 4 atom stereocenters. The van der Waals surface area contributed by atoms with E-state index in [1.807, 2.05) is 13.8 Å². The van der Waals surface area contributed by atoms with Gasteiger partial charge in [0.15, 0.2) is 0 Å². The molecule has 1 fully saturated rings. The van der Waals surface area contributed by atoms with E-state index in [4.69, 9.17) is 5.73 Å². The van der Waals surface area contributed by atoms with Crippen molar-refractivity contribution in [3.63, 3.8) is 0 Å². The minimum absolute atomic E-state index is 0.0101. The van der Waals surface area contributed by atoms with E-state index >= 15 is 0 Å². The molecule has 2 amide bonds. The highest BCUT2D eigenvalue weighted by Crippen LogP contribution is 2.28. The lowest BCUT2D eigenvalue weighted by molar-refractivity contribution is -0.132. The van der Waals surface area contributed by atoms with E-state index in [0.717, 1.165) is 19.3 Å². The van der Waals surface area contributed by atoms with E-state index in [1.54, 1.807) is 6.92 Å². The molecule has 0 aliphatic heterocycles. The van der Waals surface area contributed by atoms with Crippen LogP contribution in [0.5, 0.6) is 0 Å². The van der Waals surface area contributed by atoms with Gasteiger partial charge >= 0.3 is 0 Å². The van der Waals surface area contributed by atoms with Gasteiger partial charge in [0.05, 0.1) is 0 Å². The van der Waals surface area contributed by atoms with Crippen LogP contribution in [0.2, 0.25) is 0 Å². The van der Waals surface area contributed by atoms with E-state index in [0.29, 0.717) is 5.92 Å². The summed E-state index contributed by atoms with van der Waals surface area (Å²) in [5.41, 5.74) is 5.95. The van der Waals surface area contributed by atoms with Crippen LogP contribution in [0.3, 0.4) is 0 Å². The van der Waals surface area contributed by atoms with Crippen LogP contribution in [0.4, 0.5) is 0 Å². The van der Waals surface area contributed by atoms with Crippen LogP contribution in [0, 0.1) is 11.8 Å². The molecular weight excluding hydrogens is 242 g/mol. The van der Waals surface area contributed by atoms with Gasteiger partial charge in [0, 0.05) is 18.0 Å². The average molecular weight is 269 g/mol. The van der Waals surface area contributed by atoms with Crippen molar-refractivity contribution in [1.29, 1.82) is 0 Å². The van der Waals surface area contributed by atoms with Gasteiger partial charge in [-0.2, -0.15) is 0 Å². The predicted octanol–water partition coefficient (Wildman–Crippen LogP) is 0.779. The van der Waals surface area contributed by atoms with Crippen molar-refractivity contribution in [2.24, 2.45) is 17.6 Å². The summed E-state index contributed by atoms with van der Waals surface area (Å²) < 4.78 is 0. The normalized spacial score (nSPS) is 28.8. The maximum atomic E-state index is 12.1. The number of carbonyl (C=O) groups is 2. The van der Waals surface area contributed by atoms with Crippen LogP contribution in [0.25, 0.3) is 0 Å². The summed E-state index contributed by atoms with van der Waals surface area (Å²) in [4.78, 5) is 23.9. The number of rotatable bonds is 4. The van der Waals surface area contributed by atoms with Crippen LogP contribution in [-0.4, -0.2) is 29.9 Å². The van der Waals surface area contributed by atoms with Crippen molar-refractivity contribution < 1.29 is 9.59 Å². The zero-order valence-electron chi connectivity index (χ0n) is 12.4. The summed E-state index contributed by atoms with van der Waals surface area (Å²) in [7, 11) is 0. The van der Waals surface area contributed by atoms with Gasteiger partial charge in [-0.3, -0.25) is 9.59 Å². The molecule has 1 aliphatic rings. The Hall–Kier alpha value is -1.10. The Morgan fingerprint density at radius 3 is 2.32 bits per heavy atom. The maximum absolute atomic E-state index is 12.1. The summed E-state index contributed by atoms with van der Waals surface area (Å²) in [6, 6.07) is -0.203. The highest BCUT2D eigenvalue weighted by molar-refractivity contribution is 5.88. The van der Waals surface area contributed by atoms with Crippen LogP contribution in [0.1, 0.15) is 47.0 Å². The number of carbonyl (C=O) groups excluding carboxylic acids is 2. The molecule has 0 aromatic heterocycles. The zero-order chi connectivity index (χ0) is 14.6. The Morgan fingerprint density at radius 1 is 1.16 bits per heavy atom. The van der Waals surface area contributed by atoms with E-state index in [-0.39, 0.29) is 29.8 Å². The van der Waals surface area contributed by atoms with E-state index in [9.17, 15) is 9.59 Å². The molecule has 1 aliphatic carbocycles. The summed E-state index contributed by atoms with van der Waals surface area (Å²) in [5.74, 6) is 0.197. The number of amides is 2. The molecule has 110 valence electrons. The first kappa shape index (κ1) is 16.0. The maximum Gasteiger partial charge on any atom is 0.242 e. The second kappa shape index (κ2) is 6.89. The topological polar surface area (TPSA) is 84.2 Å². The van der Waals surface area contributed by atoms with E-state index in [1.165, 1.54) is 0 Å². The van der Waals surface area contributed by atoms with Crippen molar-refractivity contribution in [3.8, 4) is 0 Å². The van der Waals surface area contributed by atoms with Crippen molar-refractivity contribution in [2.45, 2.75) is 65.1 Å². The number of hydrogen-bond acceptors (Lipinski definition) is 3. The molecule has 0 saturated heterocycles.